The first kappa shape index (κ1) is 16.4. The zero-order valence-electron chi connectivity index (χ0n) is 13.4. The van der Waals surface area contributed by atoms with Crippen LogP contribution in [0.2, 0.25) is 5.02 Å². The lowest BCUT2D eigenvalue weighted by Gasteiger charge is -2.14. The monoisotopic (exact) mass is 340 g/mol. The Morgan fingerprint density at radius 3 is 2.62 bits per heavy atom. The molecule has 0 amide bonds. The first-order valence-corrected chi connectivity index (χ1v) is 7.83. The number of aromatic nitrogens is 3. The summed E-state index contributed by atoms with van der Waals surface area (Å²) in [5.74, 6) is 1.41. The number of aliphatic hydroxyl groups excluding tert-OH is 1. The Hall–Kier alpha value is -2.50. The topological polar surface area (TPSA) is 62.1 Å². The van der Waals surface area contributed by atoms with E-state index in [1.807, 2.05) is 61.5 Å². The minimum Gasteiger partial charge on any atom is -0.392 e. The summed E-state index contributed by atoms with van der Waals surface area (Å²) < 4.78 is 0. The fourth-order valence-electron chi connectivity index (χ4n) is 2.31. The summed E-state index contributed by atoms with van der Waals surface area (Å²) >= 11 is 6.09. The Balaban J connectivity index is 1.99. The summed E-state index contributed by atoms with van der Waals surface area (Å²) in [5, 5.41) is 10.6. The average Bonchev–Trinajstić information content (AvgIpc) is 2.59. The molecule has 0 atom stereocenters. The van der Waals surface area contributed by atoms with Crippen LogP contribution in [0, 0.1) is 0 Å². The van der Waals surface area contributed by atoms with E-state index < -0.39 is 0 Å². The molecule has 2 aromatic heterocycles. The number of benzene rings is 1. The van der Waals surface area contributed by atoms with E-state index in [1.165, 1.54) is 0 Å². The van der Waals surface area contributed by atoms with Crippen LogP contribution in [-0.2, 0) is 6.61 Å². The molecule has 24 heavy (non-hydrogen) atoms. The van der Waals surface area contributed by atoms with Crippen molar-refractivity contribution in [1.82, 2.24) is 15.0 Å². The van der Waals surface area contributed by atoms with Gasteiger partial charge in [-0.2, -0.15) is 0 Å². The highest BCUT2D eigenvalue weighted by atomic mass is 35.5. The van der Waals surface area contributed by atoms with Crippen molar-refractivity contribution in [2.75, 3.05) is 19.0 Å². The molecule has 0 aliphatic rings. The predicted molar refractivity (Wildman–Crippen MR) is 98.0 cm³/mol. The van der Waals surface area contributed by atoms with E-state index in [0.717, 1.165) is 28.0 Å². The predicted octanol–water partition coefficient (Wildman–Crippen LogP) is 3.41. The molecular weight excluding hydrogens is 324 g/mol. The molecule has 0 saturated carbocycles. The van der Waals surface area contributed by atoms with Crippen LogP contribution in [-0.4, -0.2) is 34.2 Å². The van der Waals surface area contributed by atoms with Gasteiger partial charge in [0.1, 0.15) is 5.82 Å². The summed E-state index contributed by atoms with van der Waals surface area (Å²) in [6.45, 7) is -0.0144. The van der Waals surface area contributed by atoms with Gasteiger partial charge in [0.15, 0.2) is 5.82 Å². The number of rotatable bonds is 4. The normalized spacial score (nSPS) is 11.3. The third-order valence-electron chi connectivity index (χ3n) is 3.51. The molecule has 2 heterocycles. The zero-order valence-corrected chi connectivity index (χ0v) is 14.2. The minimum absolute atomic E-state index is 0.0144. The molecule has 0 bridgehead atoms. The molecule has 0 radical (unpaired) electrons. The number of aliphatic hydroxyl groups is 1. The number of fused-ring (bicyclic) bond motifs is 1. The highest BCUT2D eigenvalue weighted by Crippen LogP contribution is 2.26. The van der Waals surface area contributed by atoms with Gasteiger partial charge in [-0.3, -0.25) is 4.98 Å². The van der Waals surface area contributed by atoms with Crippen molar-refractivity contribution in [3.05, 3.63) is 58.6 Å². The van der Waals surface area contributed by atoms with E-state index in [4.69, 9.17) is 16.7 Å². The number of halogens is 1. The maximum Gasteiger partial charge on any atom is 0.155 e. The Morgan fingerprint density at radius 1 is 1.12 bits per heavy atom. The molecule has 3 rings (SSSR count). The molecule has 3 aromatic rings. The van der Waals surface area contributed by atoms with Crippen molar-refractivity contribution in [1.29, 1.82) is 0 Å². The van der Waals surface area contributed by atoms with Gasteiger partial charge in [0.25, 0.3) is 0 Å². The van der Waals surface area contributed by atoms with Crippen molar-refractivity contribution < 1.29 is 5.11 Å². The molecule has 0 aliphatic carbocycles. The SMILES string of the molecule is CN(C)c1nc(/C=C/c2ccc(CO)cn2)nc2ccc(Cl)cc12. The molecule has 0 spiro atoms. The second kappa shape index (κ2) is 6.95. The van der Waals surface area contributed by atoms with E-state index in [0.29, 0.717) is 10.8 Å². The fourth-order valence-corrected chi connectivity index (χ4v) is 2.48. The van der Waals surface area contributed by atoms with Gasteiger partial charge in [0.05, 0.1) is 17.8 Å². The third kappa shape index (κ3) is 3.53. The highest BCUT2D eigenvalue weighted by Gasteiger charge is 2.09. The van der Waals surface area contributed by atoms with Crippen molar-refractivity contribution >= 4 is 40.5 Å². The summed E-state index contributed by atoms with van der Waals surface area (Å²) in [7, 11) is 3.87. The lowest BCUT2D eigenvalue weighted by molar-refractivity contribution is 0.281. The summed E-state index contributed by atoms with van der Waals surface area (Å²) in [6, 6.07) is 9.25. The third-order valence-corrected chi connectivity index (χ3v) is 3.75. The lowest BCUT2D eigenvalue weighted by Crippen LogP contribution is -2.12. The summed E-state index contributed by atoms with van der Waals surface area (Å²) in [4.78, 5) is 15.4. The quantitative estimate of drug-likeness (QED) is 0.788. The van der Waals surface area contributed by atoms with E-state index in [2.05, 4.69) is 15.0 Å². The van der Waals surface area contributed by atoms with E-state index in [1.54, 1.807) is 6.20 Å². The van der Waals surface area contributed by atoms with Crippen LogP contribution in [0.25, 0.3) is 23.1 Å². The zero-order chi connectivity index (χ0) is 17.1. The number of nitrogens with zero attached hydrogens (tertiary/aromatic N) is 4. The van der Waals surface area contributed by atoms with Crippen LogP contribution in [0.15, 0.2) is 36.5 Å². The van der Waals surface area contributed by atoms with Gasteiger partial charge in [0, 0.05) is 30.7 Å². The molecule has 0 saturated heterocycles. The smallest absolute Gasteiger partial charge is 0.155 e. The average molecular weight is 341 g/mol. The summed E-state index contributed by atoms with van der Waals surface area (Å²) in [5.41, 5.74) is 2.39. The molecule has 1 aromatic carbocycles. The Bertz CT molecular complexity index is 891. The molecule has 0 fully saturated rings. The van der Waals surface area contributed by atoms with Crippen LogP contribution in [0.1, 0.15) is 17.1 Å². The second-order valence-corrected chi connectivity index (χ2v) is 5.98. The minimum atomic E-state index is -0.0144. The lowest BCUT2D eigenvalue weighted by atomic mass is 10.2. The molecule has 1 N–H and O–H groups in total. The van der Waals surface area contributed by atoms with E-state index in [-0.39, 0.29) is 6.61 Å². The van der Waals surface area contributed by atoms with Crippen LogP contribution in [0.5, 0.6) is 0 Å². The Labute approximate surface area is 145 Å². The van der Waals surface area contributed by atoms with Gasteiger partial charge in [0.2, 0.25) is 0 Å². The largest absolute Gasteiger partial charge is 0.392 e. The van der Waals surface area contributed by atoms with Crippen molar-refractivity contribution in [2.24, 2.45) is 0 Å². The summed E-state index contributed by atoms with van der Waals surface area (Å²) in [6.07, 6.45) is 5.31. The van der Waals surface area contributed by atoms with Gasteiger partial charge in [-0.1, -0.05) is 17.7 Å². The number of hydrogen-bond acceptors (Lipinski definition) is 5. The molecule has 5 nitrogen and oxygen atoms in total. The maximum absolute atomic E-state index is 9.05. The van der Waals surface area contributed by atoms with Crippen LogP contribution >= 0.6 is 11.6 Å². The van der Waals surface area contributed by atoms with Crippen molar-refractivity contribution in [3.63, 3.8) is 0 Å². The van der Waals surface area contributed by atoms with Crippen LogP contribution in [0.4, 0.5) is 5.82 Å². The van der Waals surface area contributed by atoms with E-state index >= 15 is 0 Å². The first-order chi connectivity index (χ1) is 11.6. The van der Waals surface area contributed by atoms with E-state index in [9.17, 15) is 0 Å². The molecule has 6 heteroatoms. The number of pyridine rings is 1. The Morgan fingerprint density at radius 2 is 1.96 bits per heavy atom. The second-order valence-electron chi connectivity index (χ2n) is 5.54. The number of anilines is 1. The van der Waals surface area contributed by atoms with Crippen molar-refractivity contribution in [3.8, 4) is 0 Å². The molecule has 0 unspecified atom stereocenters. The standard InChI is InChI=1S/C18H17ClN4O/c1-23(2)18-15-9-13(19)4-7-16(15)21-17(22-18)8-6-14-5-3-12(11-24)10-20-14/h3-10,24H,11H2,1-2H3/b8-6+. The molecule has 122 valence electrons. The highest BCUT2D eigenvalue weighted by molar-refractivity contribution is 6.31. The molecular formula is C18H17ClN4O. The number of hydrogen-bond donors (Lipinski definition) is 1. The van der Waals surface area contributed by atoms with Crippen LogP contribution < -0.4 is 4.90 Å². The van der Waals surface area contributed by atoms with Gasteiger partial charge < -0.3 is 10.0 Å². The molecule has 0 aliphatic heterocycles. The Kier molecular flexibility index (Phi) is 4.74. The van der Waals surface area contributed by atoms with Gasteiger partial charge in [-0.25, -0.2) is 9.97 Å². The van der Waals surface area contributed by atoms with Crippen molar-refractivity contribution in [2.45, 2.75) is 6.61 Å². The first-order valence-electron chi connectivity index (χ1n) is 7.45. The van der Waals surface area contributed by atoms with Crippen LogP contribution in [0.3, 0.4) is 0 Å². The maximum atomic E-state index is 9.05. The fraction of sp³-hybridized carbons (Fsp3) is 0.167. The van der Waals surface area contributed by atoms with Gasteiger partial charge in [-0.15, -0.1) is 0 Å². The van der Waals surface area contributed by atoms with Gasteiger partial charge >= 0.3 is 0 Å². The van der Waals surface area contributed by atoms with Gasteiger partial charge in [-0.05, 0) is 42.0 Å².